The van der Waals surface area contributed by atoms with Gasteiger partial charge in [0, 0.05) is 43.7 Å². The molecule has 132 valence electrons. The van der Waals surface area contributed by atoms with Crippen molar-refractivity contribution in [2.45, 2.75) is 25.8 Å². The fourth-order valence-electron chi connectivity index (χ4n) is 2.78. The Morgan fingerprint density at radius 1 is 1.33 bits per heavy atom. The van der Waals surface area contributed by atoms with Crippen LogP contribution in [0.25, 0.3) is 0 Å². The molecule has 0 aromatic heterocycles. The minimum absolute atomic E-state index is 0.0138. The number of benzene rings is 1. The molecule has 1 heterocycles. The standard InChI is InChI=1S/C16H21ClN2O4S/c1-12(20)19(14-5-3-4-13(17)10-14)8-6-16(21)18(2)15-7-9-24(22,23)11-15/h3-5,10,15H,6-9,11H2,1-2H3. The van der Waals surface area contributed by atoms with Gasteiger partial charge in [-0.3, -0.25) is 9.59 Å². The van der Waals surface area contributed by atoms with Crippen LogP contribution in [0, 0.1) is 0 Å². The van der Waals surface area contributed by atoms with Gasteiger partial charge in [0.1, 0.15) is 0 Å². The van der Waals surface area contributed by atoms with E-state index in [-0.39, 0.29) is 42.3 Å². The van der Waals surface area contributed by atoms with E-state index in [1.165, 1.54) is 16.7 Å². The van der Waals surface area contributed by atoms with Crippen molar-refractivity contribution in [3.8, 4) is 0 Å². The number of hydrogen-bond acceptors (Lipinski definition) is 4. The SMILES string of the molecule is CC(=O)N(CCC(=O)N(C)C1CCS(=O)(=O)C1)c1cccc(Cl)c1. The van der Waals surface area contributed by atoms with E-state index in [2.05, 4.69) is 0 Å². The van der Waals surface area contributed by atoms with Crippen LogP contribution >= 0.6 is 11.6 Å². The molecule has 1 fully saturated rings. The van der Waals surface area contributed by atoms with E-state index < -0.39 is 9.84 Å². The molecule has 6 nitrogen and oxygen atoms in total. The van der Waals surface area contributed by atoms with Crippen molar-refractivity contribution in [2.24, 2.45) is 0 Å². The van der Waals surface area contributed by atoms with Gasteiger partial charge in [-0.05, 0) is 24.6 Å². The third-order valence-electron chi connectivity index (χ3n) is 4.20. The summed E-state index contributed by atoms with van der Waals surface area (Å²) in [6.45, 7) is 1.65. The lowest BCUT2D eigenvalue weighted by Crippen LogP contribution is -2.40. The van der Waals surface area contributed by atoms with E-state index in [1.807, 2.05) is 0 Å². The largest absolute Gasteiger partial charge is 0.342 e. The van der Waals surface area contributed by atoms with Crippen LogP contribution in [0.3, 0.4) is 0 Å². The summed E-state index contributed by atoms with van der Waals surface area (Å²) in [7, 11) is -1.42. The number of rotatable bonds is 5. The zero-order valence-electron chi connectivity index (χ0n) is 13.7. The monoisotopic (exact) mass is 372 g/mol. The van der Waals surface area contributed by atoms with Crippen LogP contribution in [0.2, 0.25) is 5.02 Å². The normalized spacial score (nSPS) is 19.0. The van der Waals surface area contributed by atoms with Crippen LogP contribution in [0.1, 0.15) is 19.8 Å². The van der Waals surface area contributed by atoms with Crippen molar-refractivity contribution >= 4 is 38.9 Å². The molecule has 1 aromatic carbocycles. The molecule has 0 N–H and O–H groups in total. The number of anilines is 1. The molecule has 1 aliphatic rings. The maximum Gasteiger partial charge on any atom is 0.224 e. The molecule has 0 saturated carbocycles. The van der Waals surface area contributed by atoms with E-state index in [9.17, 15) is 18.0 Å². The summed E-state index contributed by atoms with van der Waals surface area (Å²) in [5.74, 6) is -0.223. The van der Waals surface area contributed by atoms with Crippen molar-refractivity contribution in [2.75, 3.05) is 30.0 Å². The molecule has 1 saturated heterocycles. The summed E-state index contributed by atoms with van der Waals surface area (Å²) in [4.78, 5) is 27.2. The van der Waals surface area contributed by atoms with Gasteiger partial charge in [-0.1, -0.05) is 17.7 Å². The fourth-order valence-corrected chi connectivity index (χ4v) is 4.74. The Labute approximate surface area is 147 Å². The minimum atomic E-state index is -3.04. The first-order valence-corrected chi connectivity index (χ1v) is 9.89. The van der Waals surface area contributed by atoms with Crippen molar-refractivity contribution in [1.82, 2.24) is 4.90 Å². The average Bonchev–Trinajstić information content (AvgIpc) is 2.86. The molecular formula is C16H21ClN2O4S. The molecule has 1 aliphatic heterocycles. The summed E-state index contributed by atoms with van der Waals surface area (Å²) in [5.41, 5.74) is 0.633. The van der Waals surface area contributed by atoms with Gasteiger partial charge in [-0.2, -0.15) is 0 Å². The van der Waals surface area contributed by atoms with E-state index in [0.29, 0.717) is 17.1 Å². The van der Waals surface area contributed by atoms with Gasteiger partial charge in [0.15, 0.2) is 9.84 Å². The molecule has 1 aromatic rings. The van der Waals surface area contributed by atoms with Gasteiger partial charge in [0.05, 0.1) is 11.5 Å². The van der Waals surface area contributed by atoms with Crippen LogP contribution in [0.15, 0.2) is 24.3 Å². The summed E-state index contributed by atoms with van der Waals surface area (Å²) in [5, 5.41) is 0.512. The molecule has 1 unspecified atom stereocenters. The quantitative estimate of drug-likeness (QED) is 0.788. The average molecular weight is 373 g/mol. The van der Waals surface area contributed by atoms with Crippen LogP contribution in [0.5, 0.6) is 0 Å². The fraction of sp³-hybridized carbons (Fsp3) is 0.500. The number of hydrogen-bond donors (Lipinski definition) is 0. The first-order valence-electron chi connectivity index (χ1n) is 7.69. The number of nitrogens with zero attached hydrogens (tertiary/aromatic N) is 2. The van der Waals surface area contributed by atoms with Crippen molar-refractivity contribution < 1.29 is 18.0 Å². The summed E-state index contributed by atoms with van der Waals surface area (Å²) >= 11 is 5.95. The molecule has 0 radical (unpaired) electrons. The molecular weight excluding hydrogens is 352 g/mol. The second kappa shape index (κ2) is 7.53. The van der Waals surface area contributed by atoms with Crippen LogP contribution < -0.4 is 4.90 Å². The molecule has 2 rings (SSSR count). The maximum absolute atomic E-state index is 12.3. The molecule has 0 spiro atoms. The van der Waals surface area contributed by atoms with Crippen LogP contribution in [-0.4, -0.2) is 56.3 Å². The van der Waals surface area contributed by atoms with Crippen molar-refractivity contribution in [3.05, 3.63) is 29.3 Å². The number of carbonyl (C=O) groups excluding carboxylic acids is 2. The zero-order chi connectivity index (χ0) is 17.9. The highest BCUT2D eigenvalue weighted by atomic mass is 35.5. The first kappa shape index (κ1) is 18.7. The lowest BCUT2D eigenvalue weighted by molar-refractivity contribution is -0.131. The van der Waals surface area contributed by atoms with E-state index in [4.69, 9.17) is 11.6 Å². The second-order valence-corrected chi connectivity index (χ2v) is 8.63. The molecule has 2 amide bonds. The number of sulfone groups is 1. The number of amides is 2. The molecule has 24 heavy (non-hydrogen) atoms. The second-order valence-electron chi connectivity index (χ2n) is 5.96. The van der Waals surface area contributed by atoms with Gasteiger partial charge in [-0.25, -0.2) is 8.42 Å². The maximum atomic E-state index is 12.3. The Morgan fingerprint density at radius 2 is 2.04 bits per heavy atom. The minimum Gasteiger partial charge on any atom is -0.342 e. The topological polar surface area (TPSA) is 74.8 Å². The number of carbonyl (C=O) groups is 2. The van der Waals surface area contributed by atoms with Gasteiger partial charge >= 0.3 is 0 Å². The van der Waals surface area contributed by atoms with Gasteiger partial charge in [0.2, 0.25) is 11.8 Å². The summed E-state index contributed by atoms with van der Waals surface area (Å²) in [6.07, 6.45) is 0.592. The lowest BCUT2D eigenvalue weighted by atomic mass is 10.2. The zero-order valence-corrected chi connectivity index (χ0v) is 15.3. The Balaban J connectivity index is 1.99. The highest BCUT2D eigenvalue weighted by Gasteiger charge is 2.32. The van der Waals surface area contributed by atoms with E-state index in [1.54, 1.807) is 31.3 Å². The summed E-state index contributed by atoms with van der Waals surface area (Å²) < 4.78 is 23.1. The van der Waals surface area contributed by atoms with Crippen molar-refractivity contribution in [1.29, 1.82) is 0 Å². The highest BCUT2D eigenvalue weighted by molar-refractivity contribution is 7.91. The first-order chi connectivity index (χ1) is 11.2. The van der Waals surface area contributed by atoms with Crippen LogP contribution in [0.4, 0.5) is 5.69 Å². The predicted molar refractivity (Wildman–Crippen MR) is 93.9 cm³/mol. The lowest BCUT2D eigenvalue weighted by Gasteiger charge is -2.26. The third-order valence-corrected chi connectivity index (χ3v) is 6.18. The third kappa shape index (κ3) is 4.70. The molecule has 0 aliphatic carbocycles. The van der Waals surface area contributed by atoms with Crippen molar-refractivity contribution in [3.63, 3.8) is 0 Å². The van der Waals surface area contributed by atoms with E-state index >= 15 is 0 Å². The predicted octanol–water partition coefficient (Wildman–Crippen LogP) is 1.73. The molecule has 8 heteroatoms. The molecule has 1 atom stereocenters. The highest BCUT2D eigenvalue weighted by Crippen LogP contribution is 2.21. The van der Waals surface area contributed by atoms with Gasteiger partial charge < -0.3 is 9.80 Å². The van der Waals surface area contributed by atoms with E-state index in [0.717, 1.165) is 0 Å². The summed E-state index contributed by atoms with van der Waals surface area (Å²) in [6, 6.07) is 6.60. The van der Waals surface area contributed by atoms with Gasteiger partial charge in [0.25, 0.3) is 0 Å². The van der Waals surface area contributed by atoms with Gasteiger partial charge in [-0.15, -0.1) is 0 Å². The Hall–Kier alpha value is -1.60. The Morgan fingerprint density at radius 3 is 2.58 bits per heavy atom. The molecule has 0 bridgehead atoms. The Bertz CT molecular complexity index is 735. The van der Waals surface area contributed by atoms with Crippen LogP contribution in [-0.2, 0) is 19.4 Å². The Kier molecular flexibility index (Phi) is 5.87. The number of halogens is 1. The smallest absolute Gasteiger partial charge is 0.224 e.